The van der Waals surface area contributed by atoms with Crippen LogP contribution in [0.15, 0.2) is 42.5 Å². The molecule has 6 heteroatoms. The summed E-state index contributed by atoms with van der Waals surface area (Å²) in [5.74, 6) is -0.931. The molecule has 2 aromatic carbocycles. The summed E-state index contributed by atoms with van der Waals surface area (Å²) < 4.78 is 5.63. The minimum atomic E-state index is -0.886. The second-order valence-electron chi connectivity index (χ2n) is 8.00. The molecule has 0 saturated carbocycles. The Morgan fingerprint density at radius 1 is 0.933 bits per heavy atom. The van der Waals surface area contributed by atoms with Gasteiger partial charge in [-0.3, -0.25) is 19.3 Å². The van der Waals surface area contributed by atoms with Crippen molar-refractivity contribution >= 4 is 23.4 Å². The number of imide groups is 1. The number of ether oxygens (including phenoxy) is 1. The van der Waals surface area contributed by atoms with Crippen molar-refractivity contribution in [3.63, 3.8) is 0 Å². The van der Waals surface area contributed by atoms with Gasteiger partial charge >= 0.3 is 0 Å². The SMILES string of the molecule is CCc1cccc(CC)c1NC(=O)COCC(C)(C)N1C(=O)c2ccccc2C1=O. The highest BCUT2D eigenvalue weighted by atomic mass is 16.5. The Morgan fingerprint density at radius 3 is 1.97 bits per heavy atom. The van der Waals surface area contributed by atoms with Gasteiger partial charge in [0.1, 0.15) is 6.61 Å². The van der Waals surface area contributed by atoms with E-state index in [-0.39, 0.29) is 30.9 Å². The highest BCUT2D eigenvalue weighted by Crippen LogP contribution is 2.29. The third-order valence-electron chi connectivity index (χ3n) is 5.35. The zero-order valence-corrected chi connectivity index (χ0v) is 18.0. The van der Waals surface area contributed by atoms with Crippen LogP contribution in [-0.4, -0.2) is 41.4 Å². The molecule has 1 heterocycles. The van der Waals surface area contributed by atoms with E-state index in [0.29, 0.717) is 11.1 Å². The second-order valence-corrected chi connectivity index (χ2v) is 8.00. The molecule has 2 aromatic rings. The van der Waals surface area contributed by atoms with Crippen LogP contribution in [0, 0.1) is 0 Å². The van der Waals surface area contributed by atoms with Crippen molar-refractivity contribution in [3.8, 4) is 0 Å². The summed E-state index contributed by atoms with van der Waals surface area (Å²) in [6.07, 6.45) is 1.63. The average molecular weight is 408 g/mol. The van der Waals surface area contributed by atoms with Crippen LogP contribution in [0.2, 0.25) is 0 Å². The first kappa shape index (κ1) is 21.7. The molecule has 0 unspecified atom stereocenters. The lowest BCUT2D eigenvalue weighted by Gasteiger charge is -2.33. The van der Waals surface area contributed by atoms with Crippen LogP contribution in [0.5, 0.6) is 0 Å². The van der Waals surface area contributed by atoms with Crippen molar-refractivity contribution in [2.45, 2.75) is 46.1 Å². The fraction of sp³-hybridized carbons (Fsp3) is 0.375. The largest absolute Gasteiger partial charge is 0.369 e. The van der Waals surface area contributed by atoms with E-state index < -0.39 is 5.54 Å². The van der Waals surface area contributed by atoms with Crippen molar-refractivity contribution in [3.05, 3.63) is 64.7 Å². The maximum absolute atomic E-state index is 12.7. The number of rotatable bonds is 8. The number of nitrogens with zero attached hydrogens (tertiary/aromatic N) is 1. The smallest absolute Gasteiger partial charge is 0.262 e. The molecular formula is C24H28N2O4. The first-order chi connectivity index (χ1) is 14.3. The summed E-state index contributed by atoms with van der Waals surface area (Å²) in [6.45, 7) is 7.51. The number of nitrogens with one attached hydrogen (secondary N) is 1. The van der Waals surface area contributed by atoms with Gasteiger partial charge in [-0.2, -0.15) is 0 Å². The van der Waals surface area contributed by atoms with E-state index in [0.717, 1.165) is 29.7 Å². The number of fused-ring (bicyclic) bond motifs is 1. The van der Waals surface area contributed by atoms with Gasteiger partial charge < -0.3 is 10.1 Å². The van der Waals surface area contributed by atoms with Gasteiger partial charge in [0.25, 0.3) is 11.8 Å². The number of benzene rings is 2. The molecule has 1 N–H and O–H groups in total. The molecule has 0 aliphatic carbocycles. The number of anilines is 1. The van der Waals surface area contributed by atoms with Crippen LogP contribution < -0.4 is 5.32 Å². The molecule has 0 atom stereocenters. The van der Waals surface area contributed by atoms with E-state index in [4.69, 9.17) is 4.74 Å². The summed E-state index contributed by atoms with van der Waals surface area (Å²) in [6, 6.07) is 12.8. The number of amides is 3. The normalized spacial score (nSPS) is 13.5. The summed E-state index contributed by atoms with van der Waals surface area (Å²) >= 11 is 0. The summed E-state index contributed by atoms with van der Waals surface area (Å²) in [7, 11) is 0. The monoisotopic (exact) mass is 408 g/mol. The van der Waals surface area contributed by atoms with Gasteiger partial charge in [-0.05, 0) is 49.9 Å². The van der Waals surface area contributed by atoms with Gasteiger partial charge in [0.05, 0.1) is 23.3 Å². The van der Waals surface area contributed by atoms with Crippen molar-refractivity contribution < 1.29 is 19.1 Å². The predicted octanol–water partition coefficient (Wildman–Crippen LogP) is 3.84. The zero-order valence-electron chi connectivity index (χ0n) is 18.0. The Labute approximate surface area is 177 Å². The molecule has 30 heavy (non-hydrogen) atoms. The molecular weight excluding hydrogens is 380 g/mol. The first-order valence-electron chi connectivity index (χ1n) is 10.3. The predicted molar refractivity (Wildman–Crippen MR) is 116 cm³/mol. The average Bonchev–Trinajstić information content (AvgIpc) is 2.99. The number of para-hydroxylation sites is 1. The number of aryl methyl sites for hydroxylation is 2. The Kier molecular flexibility index (Phi) is 6.37. The van der Waals surface area contributed by atoms with Crippen LogP contribution in [0.1, 0.15) is 59.5 Å². The Morgan fingerprint density at radius 2 is 1.47 bits per heavy atom. The van der Waals surface area contributed by atoms with E-state index in [1.807, 2.05) is 32.0 Å². The maximum atomic E-state index is 12.7. The summed E-state index contributed by atoms with van der Waals surface area (Å²) in [4.78, 5) is 39.1. The summed E-state index contributed by atoms with van der Waals surface area (Å²) in [5, 5.41) is 2.96. The van der Waals surface area contributed by atoms with Gasteiger partial charge in [0, 0.05) is 5.69 Å². The Hall–Kier alpha value is -2.99. The molecule has 0 aromatic heterocycles. The molecule has 1 aliphatic heterocycles. The quantitative estimate of drug-likeness (QED) is 0.674. The highest BCUT2D eigenvalue weighted by Gasteiger charge is 2.44. The number of carbonyl (C=O) groups excluding carboxylic acids is 3. The topological polar surface area (TPSA) is 75.7 Å². The zero-order chi connectivity index (χ0) is 21.9. The first-order valence-corrected chi connectivity index (χ1v) is 10.3. The number of carbonyl (C=O) groups is 3. The fourth-order valence-electron chi connectivity index (χ4n) is 3.78. The lowest BCUT2D eigenvalue weighted by molar-refractivity contribution is -0.121. The minimum absolute atomic E-state index is 0.0575. The van der Waals surface area contributed by atoms with Crippen LogP contribution >= 0.6 is 0 Å². The van der Waals surface area contributed by atoms with Crippen molar-refractivity contribution in [1.82, 2.24) is 4.90 Å². The molecule has 0 bridgehead atoms. The molecule has 0 saturated heterocycles. The Balaban J connectivity index is 1.62. The van der Waals surface area contributed by atoms with Crippen molar-refractivity contribution in [1.29, 1.82) is 0 Å². The van der Waals surface area contributed by atoms with Gasteiger partial charge in [0.2, 0.25) is 5.91 Å². The number of hydrogen-bond acceptors (Lipinski definition) is 4. The molecule has 0 fully saturated rings. The van der Waals surface area contributed by atoms with Gasteiger partial charge in [-0.25, -0.2) is 0 Å². The molecule has 6 nitrogen and oxygen atoms in total. The maximum Gasteiger partial charge on any atom is 0.262 e. The van der Waals surface area contributed by atoms with Crippen molar-refractivity contribution in [2.24, 2.45) is 0 Å². The molecule has 158 valence electrons. The lowest BCUT2D eigenvalue weighted by atomic mass is 10.0. The fourth-order valence-corrected chi connectivity index (χ4v) is 3.78. The summed E-state index contributed by atoms with van der Waals surface area (Å²) in [5.41, 5.74) is 2.91. The molecule has 3 rings (SSSR count). The molecule has 1 aliphatic rings. The molecule has 0 spiro atoms. The number of hydrogen-bond donors (Lipinski definition) is 1. The van der Waals surface area contributed by atoms with E-state index in [1.54, 1.807) is 38.1 Å². The van der Waals surface area contributed by atoms with E-state index in [2.05, 4.69) is 5.32 Å². The molecule has 0 radical (unpaired) electrons. The van der Waals surface area contributed by atoms with E-state index in [1.165, 1.54) is 4.90 Å². The third-order valence-corrected chi connectivity index (χ3v) is 5.35. The highest BCUT2D eigenvalue weighted by molar-refractivity contribution is 6.21. The standard InChI is InChI=1S/C24H28N2O4/c1-5-16-10-9-11-17(6-2)21(16)25-20(27)14-30-15-24(3,4)26-22(28)18-12-7-8-13-19(18)23(26)29/h7-13H,5-6,14-15H2,1-4H3,(H,25,27). The minimum Gasteiger partial charge on any atom is -0.369 e. The van der Waals surface area contributed by atoms with Crippen LogP contribution in [0.25, 0.3) is 0 Å². The van der Waals surface area contributed by atoms with Crippen LogP contribution in [0.3, 0.4) is 0 Å². The lowest BCUT2D eigenvalue weighted by Crippen LogP contribution is -2.50. The van der Waals surface area contributed by atoms with Crippen molar-refractivity contribution in [2.75, 3.05) is 18.5 Å². The Bertz CT molecular complexity index is 924. The van der Waals surface area contributed by atoms with Crippen LogP contribution in [0.4, 0.5) is 5.69 Å². The van der Waals surface area contributed by atoms with E-state index in [9.17, 15) is 14.4 Å². The van der Waals surface area contributed by atoms with Gasteiger partial charge in [-0.15, -0.1) is 0 Å². The van der Waals surface area contributed by atoms with Crippen LogP contribution in [-0.2, 0) is 22.4 Å². The second kappa shape index (κ2) is 8.79. The van der Waals surface area contributed by atoms with E-state index >= 15 is 0 Å². The molecule has 3 amide bonds. The third kappa shape index (κ3) is 4.14. The van der Waals surface area contributed by atoms with Gasteiger partial charge in [0.15, 0.2) is 0 Å². The van der Waals surface area contributed by atoms with Gasteiger partial charge in [-0.1, -0.05) is 44.2 Å².